The highest BCUT2D eigenvalue weighted by molar-refractivity contribution is 6.45. The molecule has 1 aliphatic heterocycles. The van der Waals surface area contributed by atoms with Crippen molar-refractivity contribution in [1.82, 2.24) is 14.7 Å². The predicted octanol–water partition coefficient (Wildman–Crippen LogP) is 2.33. The molecule has 1 heterocycles. The van der Waals surface area contributed by atoms with Gasteiger partial charge in [0.05, 0.1) is 0 Å². The van der Waals surface area contributed by atoms with Crippen LogP contribution in [-0.4, -0.2) is 58.6 Å². The van der Waals surface area contributed by atoms with E-state index in [4.69, 9.17) is 0 Å². The molecule has 7 nitrogen and oxygen atoms in total. The van der Waals surface area contributed by atoms with Gasteiger partial charge >= 0.3 is 17.8 Å². The molecule has 1 aliphatic carbocycles. The van der Waals surface area contributed by atoms with Crippen molar-refractivity contribution >= 4 is 23.8 Å². The van der Waals surface area contributed by atoms with Crippen molar-refractivity contribution in [2.75, 3.05) is 20.1 Å². The lowest BCUT2D eigenvalue weighted by Crippen LogP contribution is -2.42. The summed E-state index contributed by atoms with van der Waals surface area (Å²) in [4.78, 5) is 52.6. The number of likely N-dealkylation sites (N-methyl/N-ethyl adjacent to an activating group) is 1. The van der Waals surface area contributed by atoms with Gasteiger partial charge in [-0.3, -0.25) is 19.3 Å². The second kappa shape index (κ2) is 8.82. The zero-order chi connectivity index (χ0) is 20.1. The van der Waals surface area contributed by atoms with Crippen molar-refractivity contribution in [3.8, 4) is 0 Å². The highest BCUT2D eigenvalue weighted by Crippen LogP contribution is 2.22. The highest BCUT2D eigenvalue weighted by atomic mass is 16.2. The number of carbonyl (C=O) groups excluding carboxylic acids is 4. The largest absolute Gasteiger partial charge is 0.340 e. The van der Waals surface area contributed by atoms with Crippen LogP contribution in [-0.2, 0) is 20.9 Å². The number of benzene rings is 1. The molecule has 1 aromatic rings. The Hall–Kier alpha value is -2.96. The molecule has 1 aromatic carbocycles. The second-order valence-corrected chi connectivity index (χ2v) is 7.22. The Bertz CT molecular complexity index is 803. The number of allylic oxidation sites excluding steroid dienone is 1. The van der Waals surface area contributed by atoms with E-state index < -0.39 is 30.3 Å². The molecule has 0 bridgehead atoms. The molecule has 0 saturated carbocycles. The van der Waals surface area contributed by atoms with Crippen LogP contribution in [0.1, 0.15) is 37.7 Å². The number of imide groups is 2. The summed E-state index contributed by atoms with van der Waals surface area (Å²) >= 11 is 0. The molecule has 148 valence electrons. The summed E-state index contributed by atoms with van der Waals surface area (Å²) in [5, 5.41) is 0. The summed E-state index contributed by atoms with van der Waals surface area (Å²) in [5.41, 5.74) is 2.16. The number of nitrogens with zero attached hydrogens (tertiary/aromatic N) is 3. The van der Waals surface area contributed by atoms with Crippen LogP contribution >= 0.6 is 0 Å². The lowest BCUT2D eigenvalue weighted by atomic mass is 9.97. The summed E-state index contributed by atoms with van der Waals surface area (Å²) in [7, 11) is 1.61. The average molecular weight is 383 g/mol. The van der Waals surface area contributed by atoms with Crippen molar-refractivity contribution in [1.29, 1.82) is 0 Å². The van der Waals surface area contributed by atoms with Crippen LogP contribution in [0.2, 0.25) is 0 Å². The smallest absolute Gasteiger partial charge is 0.334 e. The Labute approximate surface area is 164 Å². The Morgan fingerprint density at radius 1 is 1.04 bits per heavy atom. The third-order valence-electron chi connectivity index (χ3n) is 5.16. The third-order valence-corrected chi connectivity index (χ3v) is 5.16. The van der Waals surface area contributed by atoms with Gasteiger partial charge in [-0.2, -0.15) is 0 Å². The minimum absolute atomic E-state index is 0.180. The van der Waals surface area contributed by atoms with E-state index in [0.717, 1.165) is 41.0 Å². The molecule has 3 rings (SSSR count). The minimum Gasteiger partial charge on any atom is -0.340 e. The monoisotopic (exact) mass is 383 g/mol. The maximum atomic E-state index is 12.5. The van der Waals surface area contributed by atoms with Gasteiger partial charge < -0.3 is 4.90 Å². The number of rotatable bonds is 7. The van der Waals surface area contributed by atoms with Gasteiger partial charge in [0.25, 0.3) is 0 Å². The van der Waals surface area contributed by atoms with Crippen LogP contribution in [0.5, 0.6) is 0 Å². The topological polar surface area (TPSA) is 78.0 Å². The maximum Gasteiger partial charge on any atom is 0.334 e. The van der Waals surface area contributed by atoms with Gasteiger partial charge in [0.15, 0.2) is 0 Å². The van der Waals surface area contributed by atoms with E-state index in [2.05, 4.69) is 6.08 Å². The van der Waals surface area contributed by atoms with E-state index in [-0.39, 0.29) is 6.54 Å². The maximum absolute atomic E-state index is 12.5. The first kappa shape index (κ1) is 19.8. The molecular weight excluding hydrogens is 358 g/mol. The summed E-state index contributed by atoms with van der Waals surface area (Å²) in [6.45, 7) is 0.118. The Kier molecular flexibility index (Phi) is 6.23. The molecule has 0 unspecified atom stereocenters. The molecular formula is C21H25N3O4. The number of carbonyl (C=O) groups is 4. The fourth-order valence-electron chi connectivity index (χ4n) is 3.48. The standard InChI is InChI=1S/C21H25N3O4/c1-22(14-17-10-6-3-7-11-17)18(25)15-24-20(27)19(26)23(21(24)28)13-12-16-8-4-2-5-9-16/h3,6-8,10-11H,2,4-5,9,12-15H2,1H3. The van der Waals surface area contributed by atoms with Crippen molar-refractivity contribution in [2.24, 2.45) is 0 Å². The van der Waals surface area contributed by atoms with Crippen LogP contribution in [0.4, 0.5) is 4.79 Å². The number of hydrogen-bond donors (Lipinski definition) is 0. The molecule has 0 atom stereocenters. The van der Waals surface area contributed by atoms with Crippen molar-refractivity contribution in [3.63, 3.8) is 0 Å². The quantitative estimate of drug-likeness (QED) is 0.411. The van der Waals surface area contributed by atoms with Gasteiger partial charge in [0.1, 0.15) is 6.54 Å². The van der Waals surface area contributed by atoms with Gasteiger partial charge in [0.2, 0.25) is 5.91 Å². The Morgan fingerprint density at radius 3 is 2.43 bits per heavy atom. The first-order chi connectivity index (χ1) is 13.5. The molecule has 28 heavy (non-hydrogen) atoms. The average Bonchev–Trinajstić information content (AvgIpc) is 2.91. The number of amides is 5. The molecule has 5 amide bonds. The van der Waals surface area contributed by atoms with Gasteiger partial charge in [-0.25, -0.2) is 9.69 Å². The van der Waals surface area contributed by atoms with Gasteiger partial charge in [-0.05, 0) is 37.7 Å². The molecule has 0 spiro atoms. The SMILES string of the molecule is CN(Cc1ccccc1)C(=O)CN1C(=O)C(=O)N(CCC2=CCCCC2)C1=O. The normalized spacial score (nSPS) is 17.2. The summed E-state index contributed by atoms with van der Waals surface area (Å²) in [6, 6.07) is 8.71. The van der Waals surface area contributed by atoms with E-state index in [9.17, 15) is 19.2 Å². The fourth-order valence-corrected chi connectivity index (χ4v) is 3.48. The number of urea groups is 1. The molecule has 0 aromatic heterocycles. The van der Waals surface area contributed by atoms with E-state index in [1.165, 1.54) is 10.5 Å². The van der Waals surface area contributed by atoms with Crippen LogP contribution in [0, 0.1) is 0 Å². The fraction of sp³-hybridized carbons (Fsp3) is 0.429. The van der Waals surface area contributed by atoms with Gasteiger partial charge in [-0.15, -0.1) is 0 Å². The van der Waals surface area contributed by atoms with Crippen LogP contribution in [0.25, 0.3) is 0 Å². The van der Waals surface area contributed by atoms with Gasteiger partial charge in [0, 0.05) is 20.1 Å². The first-order valence-corrected chi connectivity index (χ1v) is 9.60. The zero-order valence-corrected chi connectivity index (χ0v) is 16.1. The summed E-state index contributed by atoms with van der Waals surface area (Å²) in [6.07, 6.45) is 6.99. The summed E-state index contributed by atoms with van der Waals surface area (Å²) < 4.78 is 0. The second-order valence-electron chi connectivity index (χ2n) is 7.22. The van der Waals surface area contributed by atoms with Crippen LogP contribution in [0.15, 0.2) is 42.0 Å². The zero-order valence-electron chi connectivity index (χ0n) is 16.1. The molecule has 0 N–H and O–H groups in total. The minimum atomic E-state index is -0.927. The lowest BCUT2D eigenvalue weighted by Gasteiger charge is -2.21. The Balaban J connectivity index is 1.58. The highest BCUT2D eigenvalue weighted by Gasteiger charge is 2.45. The van der Waals surface area contributed by atoms with E-state index in [1.54, 1.807) is 7.05 Å². The molecule has 7 heteroatoms. The lowest BCUT2D eigenvalue weighted by molar-refractivity contribution is -0.144. The van der Waals surface area contributed by atoms with Crippen LogP contribution < -0.4 is 0 Å². The van der Waals surface area contributed by atoms with E-state index in [1.807, 2.05) is 30.3 Å². The Morgan fingerprint density at radius 2 is 1.75 bits per heavy atom. The third kappa shape index (κ3) is 4.47. The van der Waals surface area contributed by atoms with E-state index >= 15 is 0 Å². The first-order valence-electron chi connectivity index (χ1n) is 9.60. The molecule has 0 radical (unpaired) electrons. The van der Waals surface area contributed by atoms with E-state index in [0.29, 0.717) is 13.0 Å². The number of hydrogen-bond acceptors (Lipinski definition) is 4. The molecule has 2 aliphatic rings. The van der Waals surface area contributed by atoms with Crippen molar-refractivity contribution < 1.29 is 19.2 Å². The predicted molar refractivity (Wildman–Crippen MR) is 103 cm³/mol. The van der Waals surface area contributed by atoms with Crippen molar-refractivity contribution in [2.45, 2.75) is 38.6 Å². The molecule has 1 fully saturated rings. The van der Waals surface area contributed by atoms with Crippen LogP contribution in [0.3, 0.4) is 0 Å². The van der Waals surface area contributed by atoms with Crippen molar-refractivity contribution in [3.05, 3.63) is 47.5 Å². The summed E-state index contributed by atoms with van der Waals surface area (Å²) in [5.74, 6) is -2.17. The van der Waals surface area contributed by atoms with Gasteiger partial charge in [-0.1, -0.05) is 42.0 Å². The molecule has 1 saturated heterocycles.